The molecular weight excluding hydrogens is 1440 g/mol. The first-order valence-electron chi connectivity index (χ1n) is 50.2. The van der Waals surface area contributed by atoms with Crippen LogP contribution in [0.4, 0.5) is 0 Å². The molecule has 0 aromatic heterocycles. The van der Waals surface area contributed by atoms with Crippen LogP contribution in [0.5, 0.6) is 0 Å². The molecule has 0 spiro atoms. The van der Waals surface area contributed by atoms with E-state index in [0.717, 1.165) is 111 Å². The molecule has 8 aliphatic rings. The van der Waals surface area contributed by atoms with Crippen LogP contribution >= 0.6 is 0 Å². The lowest BCUT2D eigenvalue weighted by atomic mass is 9.43. The monoisotopic (exact) mass is 1620 g/mol. The Morgan fingerprint density at radius 1 is 0.368 bits per heavy atom. The van der Waals surface area contributed by atoms with E-state index in [1.807, 2.05) is 0 Å². The fourth-order valence-electron chi connectivity index (χ4n) is 26.4. The van der Waals surface area contributed by atoms with E-state index in [2.05, 4.69) is 175 Å². The smallest absolute Gasteiger partial charge is 0.0637 e. The largest absolute Gasteiger partial charge is 0.378 e. The maximum absolute atomic E-state index is 7.50. The zero-order chi connectivity index (χ0) is 82.7. The lowest BCUT2D eigenvalue weighted by molar-refractivity contribution is -0.227. The summed E-state index contributed by atoms with van der Waals surface area (Å²) in [5.41, 5.74) is 23.0. The van der Waals surface area contributed by atoms with E-state index in [4.69, 9.17) is 45.6 Å². The number of nitrogens with zero attached hydrogens (tertiary/aromatic N) is 2. The van der Waals surface area contributed by atoms with Crippen molar-refractivity contribution < 1.29 is 28.4 Å². The van der Waals surface area contributed by atoms with E-state index in [9.17, 15) is 0 Å². The third-order valence-corrected chi connectivity index (χ3v) is 33.0. The Morgan fingerprint density at radius 3 is 1.21 bits per heavy atom. The topological polar surface area (TPSA) is 152 Å². The van der Waals surface area contributed by atoms with Gasteiger partial charge >= 0.3 is 0 Å². The first kappa shape index (κ1) is 96.4. The van der Waals surface area contributed by atoms with Crippen molar-refractivity contribution in [2.24, 2.45) is 110 Å². The lowest BCUT2D eigenvalue weighted by Crippen LogP contribution is -2.63. The summed E-state index contributed by atoms with van der Waals surface area (Å²) >= 11 is 0. The summed E-state index contributed by atoms with van der Waals surface area (Å²) in [6.45, 7) is 41.2. The zero-order valence-corrected chi connectivity index (χ0v) is 77.0. The van der Waals surface area contributed by atoms with Crippen LogP contribution in [0.3, 0.4) is 0 Å². The molecule has 6 unspecified atom stereocenters. The Morgan fingerprint density at radius 2 is 0.744 bits per heavy atom. The van der Waals surface area contributed by atoms with E-state index in [0.29, 0.717) is 138 Å². The third-order valence-electron chi connectivity index (χ3n) is 33.0. The molecular formula is C105H180N6O6. The average Bonchev–Trinajstić information content (AvgIpc) is 1.57. The molecule has 3 aromatic carbocycles. The molecule has 8 aliphatic carbocycles. The predicted octanol–water partition coefficient (Wildman–Crippen LogP) is 23.4. The second-order valence-electron chi connectivity index (χ2n) is 40.6. The van der Waals surface area contributed by atoms with Gasteiger partial charge in [-0.05, 0) is 311 Å². The summed E-state index contributed by atoms with van der Waals surface area (Å²) in [7, 11) is 0. The lowest BCUT2D eigenvalue weighted by Gasteiger charge is -2.65. The summed E-state index contributed by atoms with van der Waals surface area (Å²) in [5.74, 6) is 7.82. The SMILES string of the molecule is CCCCCCCCN(CCCC(C)[C@H]1CC[C@H]2C3[C@H](OCCCN(Cc4ccccc4)Cc4ccccc4)CC4C[C@H](OCCCC)CC[C@]4(C)[C@H]3C[C@H](OCCCC)[C@]12C)Cc1ccccc1.CCCCCCCCNCCCC(C)[C@H]1CC[C@H]2C3[C@H](OCCCN)CC4C[C@H](OCCCN)CC[C@]4(C)[C@H]3C[C@H](OCCCN)[C@]12C. The van der Waals surface area contributed by atoms with Gasteiger partial charge in [-0.25, -0.2) is 0 Å². The third kappa shape index (κ3) is 26.6. The fourth-order valence-corrected chi connectivity index (χ4v) is 26.4. The number of nitrogens with two attached hydrogens (primary N) is 3. The van der Waals surface area contributed by atoms with Crippen molar-refractivity contribution in [3.8, 4) is 0 Å². The molecule has 7 N–H and O–H groups in total. The first-order valence-corrected chi connectivity index (χ1v) is 50.2. The van der Waals surface area contributed by atoms with Crippen LogP contribution in [-0.4, -0.2) is 138 Å². The van der Waals surface area contributed by atoms with Gasteiger partial charge in [0, 0.05) is 76.7 Å². The highest BCUT2D eigenvalue weighted by Gasteiger charge is 2.69. The predicted molar refractivity (Wildman–Crippen MR) is 491 cm³/mol. The quantitative estimate of drug-likeness (QED) is 0.0398. The molecule has 0 saturated heterocycles. The van der Waals surface area contributed by atoms with Crippen LogP contribution in [0.1, 0.15) is 330 Å². The van der Waals surface area contributed by atoms with Gasteiger partial charge in [0.1, 0.15) is 0 Å². The number of ether oxygens (including phenoxy) is 6. The molecule has 666 valence electrons. The fraction of sp³-hybridized carbons (Fsp3) is 0.829. The highest BCUT2D eigenvalue weighted by molar-refractivity contribution is 5.20. The molecule has 0 aliphatic heterocycles. The summed E-state index contributed by atoms with van der Waals surface area (Å²) in [5, 5.41) is 3.77. The number of hydrogen-bond donors (Lipinski definition) is 4. The normalized spacial score (nSPS) is 32.3. The number of unbranched alkanes of at least 4 members (excludes halogenated alkanes) is 12. The Kier molecular flexibility index (Phi) is 42.0. The van der Waals surface area contributed by atoms with Crippen LogP contribution in [0.25, 0.3) is 0 Å². The van der Waals surface area contributed by atoms with Gasteiger partial charge in [0.05, 0.1) is 36.6 Å². The van der Waals surface area contributed by atoms with E-state index < -0.39 is 0 Å². The number of rotatable bonds is 55. The molecule has 12 heteroatoms. The molecule has 0 heterocycles. The molecule has 0 bridgehead atoms. The minimum Gasteiger partial charge on any atom is -0.378 e. The number of nitrogens with one attached hydrogen (secondary N) is 1. The van der Waals surface area contributed by atoms with Gasteiger partial charge in [0.15, 0.2) is 0 Å². The van der Waals surface area contributed by atoms with Crippen LogP contribution in [-0.2, 0) is 48.1 Å². The minimum atomic E-state index is 0.171. The molecule has 3 aromatic rings. The standard InChI is InChI=1S/C64H100N2O3.C41H80N4O3/c1-7-10-13-14-15-25-39-65(48-52-29-19-16-20-30-52)40-26-28-51(4)57-35-36-58-62-59(47-61(64(57,58)6)69-43-12-9-3)63(5)38-37-56(67-42-11-8-2)45-55(63)46-60(62)68-44-27-41-66(49-53-31-21-17-22-32-53)50-54-33-23-18-24-34-54;1-5-6-7-8-9-10-23-45-24-11-15-31(2)34-16-17-35-39-36(30-38(41(34,35)4)48-27-14-22-44)40(3)19-18-33(46-25-12-20-42)28-32(40)29-37(39)47-26-13-21-43/h16-24,29-34,51,55-62H,7-15,25-28,35-50H2,1-6H3;31-39,45H,5-30,42-44H2,1-4H3/t51?,55?,56-,57-,58+,59+,60-,61+,62?,63+,64-;31?,32?,33-,34-,35+,36+,37-,38+,39?,40+,41-/m11/s1. The molecule has 22 atom stereocenters. The maximum Gasteiger partial charge on any atom is 0.0637 e. The van der Waals surface area contributed by atoms with E-state index in [-0.39, 0.29) is 10.8 Å². The van der Waals surface area contributed by atoms with Gasteiger partial charge in [-0.1, -0.05) is 237 Å². The van der Waals surface area contributed by atoms with E-state index >= 15 is 0 Å². The van der Waals surface area contributed by atoms with Crippen molar-refractivity contribution in [2.45, 2.75) is 369 Å². The van der Waals surface area contributed by atoms with Crippen LogP contribution in [0.2, 0.25) is 0 Å². The summed E-state index contributed by atoms with van der Waals surface area (Å²) < 4.78 is 41.9. The van der Waals surface area contributed by atoms with Crippen LogP contribution in [0, 0.1) is 92.7 Å². The highest BCUT2D eigenvalue weighted by Crippen LogP contribution is 2.72. The van der Waals surface area contributed by atoms with E-state index in [1.165, 1.54) is 242 Å². The van der Waals surface area contributed by atoms with Gasteiger partial charge in [0.2, 0.25) is 0 Å². The molecule has 8 saturated carbocycles. The molecule has 11 rings (SSSR count). The van der Waals surface area contributed by atoms with Gasteiger partial charge in [0.25, 0.3) is 0 Å². The number of fused-ring (bicyclic) bond motifs is 10. The van der Waals surface area contributed by atoms with Crippen molar-refractivity contribution >= 4 is 0 Å². The molecule has 8 fully saturated rings. The number of benzene rings is 3. The molecule has 0 amide bonds. The van der Waals surface area contributed by atoms with Crippen LogP contribution < -0.4 is 22.5 Å². The Balaban J connectivity index is 0.000000264. The number of hydrogen-bond acceptors (Lipinski definition) is 12. The van der Waals surface area contributed by atoms with Gasteiger partial charge in [-0.3, -0.25) is 9.80 Å². The van der Waals surface area contributed by atoms with Crippen molar-refractivity contribution in [1.82, 2.24) is 15.1 Å². The molecule has 12 nitrogen and oxygen atoms in total. The zero-order valence-electron chi connectivity index (χ0n) is 77.0. The summed E-state index contributed by atoms with van der Waals surface area (Å²) in [6, 6.07) is 33.4. The second-order valence-corrected chi connectivity index (χ2v) is 40.6. The van der Waals surface area contributed by atoms with Crippen molar-refractivity contribution in [3.63, 3.8) is 0 Å². The Bertz CT molecular complexity index is 3040. The molecule has 117 heavy (non-hydrogen) atoms. The summed E-state index contributed by atoms with van der Waals surface area (Å²) in [4.78, 5) is 5.43. The second kappa shape index (κ2) is 51.0. The molecule has 0 radical (unpaired) electrons. The van der Waals surface area contributed by atoms with Gasteiger partial charge in [-0.2, -0.15) is 0 Å². The van der Waals surface area contributed by atoms with Gasteiger partial charge < -0.3 is 50.9 Å². The maximum atomic E-state index is 7.50. The van der Waals surface area contributed by atoms with E-state index in [1.54, 1.807) is 0 Å². The van der Waals surface area contributed by atoms with Crippen LogP contribution in [0.15, 0.2) is 91.0 Å². The average molecular weight is 1620 g/mol. The van der Waals surface area contributed by atoms with Crippen molar-refractivity contribution in [3.05, 3.63) is 108 Å². The minimum absolute atomic E-state index is 0.171. The Labute approximate surface area is 718 Å². The summed E-state index contributed by atoms with van der Waals surface area (Å²) in [6.07, 6.45) is 49.6. The first-order chi connectivity index (χ1) is 57.1. The van der Waals surface area contributed by atoms with Crippen molar-refractivity contribution in [1.29, 1.82) is 0 Å². The Hall–Kier alpha value is -2.82. The highest BCUT2D eigenvalue weighted by atomic mass is 16.5. The van der Waals surface area contributed by atoms with Gasteiger partial charge in [-0.15, -0.1) is 0 Å². The van der Waals surface area contributed by atoms with Crippen molar-refractivity contribution in [2.75, 3.05) is 92.0 Å².